The first kappa shape index (κ1) is 32.9. The highest BCUT2D eigenvalue weighted by molar-refractivity contribution is 5.98. The van der Waals surface area contributed by atoms with E-state index in [2.05, 4.69) is 17.0 Å². The van der Waals surface area contributed by atoms with Crippen molar-refractivity contribution in [2.45, 2.75) is 32.5 Å². The van der Waals surface area contributed by atoms with Crippen molar-refractivity contribution in [3.05, 3.63) is 58.8 Å². The van der Waals surface area contributed by atoms with Crippen LogP contribution in [0.15, 0.2) is 52.7 Å². The lowest BCUT2D eigenvalue weighted by atomic mass is 9.94. The van der Waals surface area contributed by atoms with Gasteiger partial charge in [-0.05, 0) is 58.4 Å². The van der Waals surface area contributed by atoms with Crippen molar-refractivity contribution in [3.63, 3.8) is 0 Å². The van der Waals surface area contributed by atoms with Gasteiger partial charge in [0.05, 0.1) is 26.9 Å². The number of nitrogens with zero attached hydrogens (tertiary/aromatic N) is 4. The van der Waals surface area contributed by atoms with Crippen molar-refractivity contribution in [3.8, 4) is 16.9 Å². The van der Waals surface area contributed by atoms with E-state index in [1.54, 1.807) is 7.11 Å². The van der Waals surface area contributed by atoms with Crippen LogP contribution < -0.4 is 15.0 Å². The van der Waals surface area contributed by atoms with E-state index in [1.807, 2.05) is 88.2 Å². The molecule has 1 fully saturated rings. The van der Waals surface area contributed by atoms with Crippen molar-refractivity contribution in [1.29, 1.82) is 0 Å². The zero-order valence-electron chi connectivity index (χ0n) is 25.5. The van der Waals surface area contributed by atoms with Crippen LogP contribution >= 0.6 is 0 Å². The Morgan fingerprint density at radius 2 is 1.83 bits per heavy atom. The van der Waals surface area contributed by atoms with E-state index in [1.165, 1.54) is 5.06 Å². The largest absolute Gasteiger partial charge is 0.496 e. The summed E-state index contributed by atoms with van der Waals surface area (Å²) in [5, 5.41) is 24.2. The SMILES string of the molecule is C=NC(=O)[C@@H]1C(CO)[C@H](CO)ON1Cc1cccc(-c2cc(C(=O)NC(CN(C)C)=C(C)C)cc(N(C)C)c2)c1OC. The van der Waals surface area contributed by atoms with Crippen LogP contribution in [0.1, 0.15) is 29.8 Å². The molecule has 0 aliphatic carbocycles. The number of hydrogen-bond donors (Lipinski definition) is 3. The predicted molar refractivity (Wildman–Crippen MR) is 164 cm³/mol. The molecule has 0 saturated carbocycles. The van der Waals surface area contributed by atoms with Gasteiger partial charge >= 0.3 is 0 Å². The van der Waals surface area contributed by atoms with E-state index in [4.69, 9.17) is 9.57 Å². The molecular formula is C31H43N5O6. The molecule has 2 aromatic rings. The molecule has 228 valence electrons. The molecule has 1 aliphatic heterocycles. The summed E-state index contributed by atoms with van der Waals surface area (Å²) >= 11 is 0. The van der Waals surface area contributed by atoms with Crippen LogP contribution in [0, 0.1) is 5.92 Å². The Labute approximate surface area is 248 Å². The van der Waals surface area contributed by atoms with Gasteiger partial charge in [0.1, 0.15) is 17.9 Å². The minimum Gasteiger partial charge on any atom is -0.496 e. The molecular weight excluding hydrogens is 538 g/mol. The van der Waals surface area contributed by atoms with Crippen LogP contribution in [-0.4, -0.2) is 106 Å². The maximum Gasteiger partial charge on any atom is 0.265 e. The second-order valence-electron chi connectivity index (χ2n) is 11.0. The van der Waals surface area contributed by atoms with E-state index in [0.29, 0.717) is 23.4 Å². The van der Waals surface area contributed by atoms with E-state index >= 15 is 0 Å². The molecule has 2 amide bonds. The van der Waals surface area contributed by atoms with Crippen LogP contribution in [-0.2, 0) is 16.2 Å². The van der Waals surface area contributed by atoms with Gasteiger partial charge in [0.25, 0.3) is 11.8 Å². The average Bonchev–Trinajstić information content (AvgIpc) is 3.32. The number of anilines is 1. The van der Waals surface area contributed by atoms with Crippen LogP contribution in [0.25, 0.3) is 11.1 Å². The molecule has 0 bridgehead atoms. The van der Waals surface area contributed by atoms with E-state index in [0.717, 1.165) is 28.1 Å². The summed E-state index contributed by atoms with van der Waals surface area (Å²) in [4.78, 5) is 39.5. The van der Waals surface area contributed by atoms with Crippen molar-refractivity contribution in [2.75, 3.05) is 60.0 Å². The maximum absolute atomic E-state index is 13.5. The van der Waals surface area contributed by atoms with Crippen molar-refractivity contribution >= 4 is 24.2 Å². The number of allylic oxidation sites excluding steroid dienone is 1. The van der Waals surface area contributed by atoms with Crippen LogP contribution in [0.3, 0.4) is 0 Å². The molecule has 3 atom stereocenters. The molecule has 1 heterocycles. The van der Waals surface area contributed by atoms with E-state index in [9.17, 15) is 19.8 Å². The molecule has 0 radical (unpaired) electrons. The van der Waals surface area contributed by atoms with Gasteiger partial charge in [0.15, 0.2) is 0 Å². The number of hydrogen-bond acceptors (Lipinski definition) is 9. The summed E-state index contributed by atoms with van der Waals surface area (Å²) in [5.74, 6) is -0.911. The lowest BCUT2D eigenvalue weighted by molar-refractivity contribution is -0.180. The first-order valence-corrected chi connectivity index (χ1v) is 13.7. The second kappa shape index (κ2) is 14.5. The van der Waals surface area contributed by atoms with Crippen molar-refractivity contribution in [1.82, 2.24) is 15.3 Å². The van der Waals surface area contributed by atoms with Gasteiger partial charge in [0.2, 0.25) is 0 Å². The van der Waals surface area contributed by atoms with Gasteiger partial charge in [-0.3, -0.25) is 14.4 Å². The van der Waals surface area contributed by atoms with Crippen LogP contribution in [0.5, 0.6) is 5.75 Å². The summed E-state index contributed by atoms with van der Waals surface area (Å²) < 4.78 is 5.88. The standard InChI is InChI=1S/C31H43N5O6/c1-19(2)26(16-34(4)5)33-30(39)22-12-21(13-23(14-22)35(6)7)24-11-9-10-20(29(24)41-8)15-36-28(31(40)32-3)25(17-37)27(18-38)42-36/h9-14,25,27-28,37-38H,3,15-18H2,1-2,4-8H3,(H,33,39)/t25?,27-,28-/m0/s1. The Morgan fingerprint density at radius 1 is 1.12 bits per heavy atom. The minimum absolute atomic E-state index is 0.116. The Bertz CT molecular complexity index is 1320. The van der Waals surface area contributed by atoms with Crippen molar-refractivity contribution < 1.29 is 29.4 Å². The molecule has 11 nitrogen and oxygen atoms in total. The number of methoxy groups -OCH3 is 1. The summed E-state index contributed by atoms with van der Waals surface area (Å²) in [6.07, 6.45) is -0.768. The number of nitrogens with one attached hydrogen (secondary N) is 1. The zero-order valence-corrected chi connectivity index (χ0v) is 25.5. The second-order valence-corrected chi connectivity index (χ2v) is 11.0. The molecule has 1 saturated heterocycles. The van der Waals surface area contributed by atoms with E-state index in [-0.39, 0.29) is 25.7 Å². The highest BCUT2D eigenvalue weighted by Gasteiger charge is 2.46. The van der Waals surface area contributed by atoms with Gasteiger partial charge in [-0.2, -0.15) is 5.06 Å². The number of rotatable bonds is 12. The maximum atomic E-state index is 13.5. The highest BCUT2D eigenvalue weighted by atomic mass is 16.7. The summed E-state index contributed by atoms with van der Waals surface area (Å²) in [7, 11) is 9.28. The van der Waals surface area contributed by atoms with Gasteiger partial charge in [0, 0.05) is 54.6 Å². The Kier molecular flexibility index (Phi) is 11.4. The predicted octanol–water partition coefficient (Wildman–Crippen LogP) is 2.33. The Morgan fingerprint density at radius 3 is 2.38 bits per heavy atom. The molecule has 0 aromatic heterocycles. The summed E-state index contributed by atoms with van der Waals surface area (Å²) in [6.45, 7) is 7.26. The molecule has 0 spiro atoms. The van der Waals surface area contributed by atoms with E-state index < -0.39 is 24.0 Å². The number of carbonyl (C=O) groups is 2. The molecule has 3 rings (SSSR count). The average molecular weight is 582 g/mol. The number of ether oxygens (including phenoxy) is 1. The summed E-state index contributed by atoms with van der Waals surface area (Å²) in [6, 6.07) is 10.3. The molecule has 11 heteroatoms. The van der Waals surface area contributed by atoms with Gasteiger partial charge < -0.3 is 30.1 Å². The van der Waals surface area contributed by atoms with Gasteiger partial charge in [-0.1, -0.05) is 23.8 Å². The number of amides is 2. The topological polar surface area (TPSA) is 127 Å². The fraction of sp³-hybridized carbons (Fsp3) is 0.452. The fourth-order valence-corrected chi connectivity index (χ4v) is 5.01. The van der Waals surface area contributed by atoms with Crippen LogP contribution in [0.4, 0.5) is 5.69 Å². The number of benzene rings is 2. The van der Waals surface area contributed by atoms with Gasteiger partial charge in [-0.25, -0.2) is 4.99 Å². The number of aliphatic hydroxyl groups is 2. The minimum atomic E-state index is -0.920. The molecule has 42 heavy (non-hydrogen) atoms. The highest BCUT2D eigenvalue weighted by Crippen LogP contribution is 2.38. The van der Waals surface area contributed by atoms with Crippen LogP contribution in [0.2, 0.25) is 0 Å². The van der Waals surface area contributed by atoms with Gasteiger partial charge in [-0.15, -0.1) is 0 Å². The fourth-order valence-electron chi connectivity index (χ4n) is 5.01. The first-order chi connectivity index (χ1) is 19.9. The number of aliphatic imine (C=N–C) groups is 1. The lowest BCUT2D eigenvalue weighted by Crippen LogP contribution is -2.40. The Balaban J connectivity index is 2.05. The number of likely N-dealkylation sites (N-methyl/N-ethyl adjacent to an activating group) is 1. The number of hydroxylamine groups is 2. The number of aliphatic hydroxyl groups excluding tert-OH is 2. The lowest BCUT2D eigenvalue weighted by Gasteiger charge is -2.24. The zero-order chi connectivity index (χ0) is 31.1. The Hall–Kier alpha value is -3.61. The third-order valence-electron chi connectivity index (χ3n) is 7.24. The first-order valence-electron chi connectivity index (χ1n) is 13.7. The third kappa shape index (κ3) is 7.42. The quantitative estimate of drug-likeness (QED) is 0.324. The molecule has 3 N–H and O–H groups in total. The van der Waals surface area contributed by atoms with Crippen molar-refractivity contribution in [2.24, 2.45) is 10.9 Å². The number of carbonyl (C=O) groups excluding carboxylic acids is 2. The normalized spacial score (nSPS) is 18.6. The summed E-state index contributed by atoms with van der Waals surface area (Å²) in [5.41, 5.74) is 5.39. The molecule has 2 aromatic carbocycles. The number of para-hydroxylation sites is 1. The third-order valence-corrected chi connectivity index (χ3v) is 7.24. The molecule has 1 unspecified atom stereocenters. The monoisotopic (exact) mass is 581 g/mol. The molecule has 1 aliphatic rings. The smallest absolute Gasteiger partial charge is 0.265 e.